The van der Waals surface area contributed by atoms with Gasteiger partial charge in [0.1, 0.15) is 0 Å². The molecule has 140 valence electrons. The number of hydrogen-bond donors (Lipinski definition) is 2. The van der Waals surface area contributed by atoms with Crippen LogP contribution in [0, 0.1) is 23.2 Å². The molecule has 0 spiro atoms. The second-order valence-electron chi connectivity index (χ2n) is 7.39. The molecule has 0 radical (unpaired) electrons. The van der Waals surface area contributed by atoms with Gasteiger partial charge >= 0.3 is 6.03 Å². The van der Waals surface area contributed by atoms with Gasteiger partial charge in [0.25, 0.3) is 0 Å². The zero-order valence-corrected chi connectivity index (χ0v) is 15.6. The molecule has 26 heavy (non-hydrogen) atoms. The van der Waals surface area contributed by atoms with Gasteiger partial charge in [0.2, 0.25) is 0 Å². The molecule has 2 saturated heterocycles. The summed E-state index contributed by atoms with van der Waals surface area (Å²) in [5, 5.41) is 15.2. The topological polar surface area (TPSA) is 71.4 Å². The van der Waals surface area contributed by atoms with Crippen LogP contribution in [0.3, 0.4) is 0 Å². The molecular formula is C20H29N5O. The van der Waals surface area contributed by atoms with Gasteiger partial charge in [0.15, 0.2) is 0 Å². The van der Waals surface area contributed by atoms with Crippen molar-refractivity contribution >= 4 is 11.7 Å². The number of carbonyl (C=O) groups is 1. The van der Waals surface area contributed by atoms with Gasteiger partial charge in [-0.15, -0.1) is 0 Å². The van der Waals surface area contributed by atoms with Crippen LogP contribution in [0.4, 0.5) is 10.5 Å². The second kappa shape index (κ2) is 8.91. The fraction of sp³-hybridized carbons (Fsp3) is 0.600. The van der Waals surface area contributed by atoms with Crippen LogP contribution in [0.5, 0.6) is 0 Å². The first-order valence-electron chi connectivity index (χ1n) is 9.68. The van der Waals surface area contributed by atoms with Gasteiger partial charge in [-0.2, -0.15) is 5.26 Å². The Morgan fingerprint density at radius 3 is 2.46 bits per heavy atom. The Hall–Kier alpha value is -2.26. The average Bonchev–Trinajstić information content (AvgIpc) is 3.22. The van der Waals surface area contributed by atoms with Crippen LogP contribution in [0.1, 0.15) is 25.3 Å². The highest BCUT2D eigenvalue weighted by atomic mass is 16.2. The van der Waals surface area contributed by atoms with E-state index in [1.54, 1.807) is 0 Å². The Balaban J connectivity index is 1.32. The lowest BCUT2D eigenvalue weighted by Gasteiger charge is -2.22. The zero-order valence-electron chi connectivity index (χ0n) is 15.6. The number of hydrogen-bond acceptors (Lipinski definition) is 4. The van der Waals surface area contributed by atoms with Crippen molar-refractivity contribution in [2.75, 3.05) is 51.1 Å². The van der Waals surface area contributed by atoms with Crippen LogP contribution in [-0.2, 0) is 0 Å². The maximum absolute atomic E-state index is 12.1. The van der Waals surface area contributed by atoms with Crippen LogP contribution in [-0.4, -0.2) is 61.6 Å². The number of nitrogens with one attached hydrogen (secondary N) is 2. The Kier molecular flexibility index (Phi) is 6.35. The monoisotopic (exact) mass is 355 g/mol. The second-order valence-corrected chi connectivity index (χ2v) is 7.39. The van der Waals surface area contributed by atoms with Gasteiger partial charge in [-0.1, -0.05) is 6.92 Å². The number of carbonyl (C=O) groups excluding carboxylic acids is 1. The summed E-state index contributed by atoms with van der Waals surface area (Å²) < 4.78 is 0. The Bertz CT molecular complexity index is 625. The molecule has 6 nitrogen and oxygen atoms in total. The first-order valence-corrected chi connectivity index (χ1v) is 9.68. The van der Waals surface area contributed by atoms with Gasteiger partial charge in [-0.25, -0.2) is 4.79 Å². The highest BCUT2D eigenvalue weighted by Crippen LogP contribution is 2.31. The van der Waals surface area contributed by atoms with Crippen molar-refractivity contribution in [2.24, 2.45) is 11.8 Å². The minimum Gasteiger partial charge on any atom is -0.385 e. The van der Waals surface area contributed by atoms with Gasteiger partial charge in [0.05, 0.1) is 11.6 Å². The molecule has 0 aliphatic carbocycles. The average molecular weight is 355 g/mol. The molecule has 0 bridgehead atoms. The molecule has 2 aliphatic rings. The van der Waals surface area contributed by atoms with E-state index in [0.717, 1.165) is 64.3 Å². The number of likely N-dealkylation sites (tertiary alicyclic amines) is 2. The van der Waals surface area contributed by atoms with Crippen LogP contribution >= 0.6 is 0 Å². The highest BCUT2D eigenvalue weighted by molar-refractivity contribution is 5.74. The molecule has 2 unspecified atom stereocenters. The first-order chi connectivity index (χ1) is 12.7. The zero-order chi connectivity index (χ0) is 18.4. The van der Waals surface area contributed by atoms with E-state index in [2.05, 4.69) is 28.5 Å². The van der Waals surface area contributed by atoms with E-state index in [0.29, 0.717) is 17.4 Å². The highest BCUT2D eigenvalue weighted by Gasteiger charge is 2.41. The van der Waals surface area contributed by atoms with E-state index in [9.17, 15) is 4.79 Å². The van der Waals surface area contributed by atoms with E-state index in [-0.39, 0.29) is 6.03 Å². The molecule has 2 atom stereocenters. The van der Waals surface area contributed by atoms with Crippen LogP contribution in [0.25, 0.3) is 0 Å². The third kappa shape index (κ3) is 4.67. The quantitative estimate of drug-likeness (QED) is 0.737. The van der Waals surface area contributed by atoms with Crippen molar-refractivity contribution < 1.29 is 4.79 Å². The van der Waals surface area contributed by atoms with Crippen molar-refractivity contribution in [3.05, 3.63) is 29.8 Å². The minimum absolute atomic E-state index is 0.111. The Morgan fingerprint density at radius 2 is 1.85 bits per heavy atom. The van der Waals surface area contributed by atoms with Crippen molar-refractivity contribution in [1.29, 1.82) is 5.26 Å². The SMILES string of the molecule is CCCNC(=O)N1CC2CN(CCCNc3ccc(C#N)cc3)CC2C1. The first kappa shape index (κ1) is 18.5. The predicted molar refractivity (Wildman–Crippen MR) is 103 cm³/mol. The number of amides is 2. The smallest absolute Gasteiger partial charge is 0.317 e. The maximum atomic E-state index is 12.1. The third-order valence-corrected chi connectivity index (χ3v) is 5.37. The minimum atomic E-state index is 0.111. The lowest BCUT2D eigenvalue weighted by Crippen LogP contribution is -2.40. The standard InChI is InChI=1S/C20H29N5O/c1-2-8-23-20(26)25-14-17-12-24(13-18(17)15-25)10-3-9-22-19-6-4-16(11-21)5-7-19/h4-7,17-18,22H,2-3,8-10,12-15H2,1H3,(H,23,26). The summed E-state index contributed by atoms with van der Waals surface area (Å²) in [6.45, 7) is 8.90. The molecule has 1 aromatic rings. The number of fused-ring (bicyclic) bond motifs is 1. The van der Waals surface area contributed by atoms with Crippen molar-refractivity contribution in [1.82, 2.24) is 15.1 Å². The largest absolute Gasteiger partial charge is 0.385 e. The molecular weight excluding hydrogens is 326 g/mol. The molecule has 2 N–H and O–H groups in total. The normalized spacial score (nSPS) is 22.1. The Morgan fingerprint density at radius 1 is 1.15 bits per heavy atom. The molecule has 6 heteroatoms. The Labute approximate surface area is 156 Å². The van der Waals surface area contributed by atoms with Crippen LogP contribution in [0.2, 0.25) is 0 Å². The van der Waals surface area contributed by atoms with Crippen molar-refractivity contribution in [3.63, 3.8) is 0 Å². The number of nitriles is 1. The summed E-state index contributed by atoms with van der Waals surface area (Å²) in [4.78, 5) is 16.6. The number of benzene rings is 1. The van der Waals surface area contributed by atoms with Crippen LogP contribution in [0.15, 0.2) is 24.3 Å². The fourth-order valence-corrected chi connectivity index (χ4v) is 3.98. The summed E-state index contributed by atoms with van der Waals surface area (Å²) >= 11 is 0. The van der Waals surface area contributed by atoms with Crippen molar-refractivity contribution in [3.8, 4) is 6.07 Å². The molecule has 1 aromatic carbocycles. The maximum Gasteiger partial charge on any atom is 0.317 e. The van der Waals surface area contributed by atoms with E-state index in [1.165, 1.54) is 0 Å². The fourth-order valence-electron chi connectivity index (χ4n) is 3.98. The summed E-state index contributed by atoms with van der Waals surface area (Å²) in [5.41, 5.74) is 1.76. The van der Waals surface area contributed by atoms with Gasteiger partial charge in [-0.05, 0) is 55.5 Å². The number of nitrogens with zero attached hydrogens (tertiary/aromatic N) is 3. The molecule has 0 saturated carbocycles. The van der Waals surface area contributed by atoms with Crippen molar-refractivity contribution in [2.45, 2.75) is 19.8 Å². The van der Waals surface area contributed by atoms with Gasteiger partial charge < -0.3 is 20.4 Å². The number of anilines is 1. The molecule has 2 amide bonds. The van der Waals surface area contributed by atoms with Crippen LogP contribution < -0.4 is 10.6 Å². The summed E-state index contributed by atoms with van der Waals surface area (Å²) in [5.74, 6) is 1.27. The number of urea groups is 1. The third-order valence-electron chi connectivity index (χ3n) is 5.37. The molecule has 2 fully saturated rings. The molecule has 2 aliphatic heterocycles. The van der Waals surface area contributed by atoms with E-state index in [4.69, 9.17) is 5.26 Å². The van der Waals surface area contributed by atoms with E-state index >= 15 is 0 Å². The van der Waals surface area contributed by atoms with E-state index in [1.807, 2.05) is 29.2 Å². The lowest BCUT2D eigenvalue weighted by atomic mass is 10.0. The van der Waals surface area contributed by atoms with Gasteiger partial charge in [0, 0.05) is 45.0 Å². The van der Waals surface area contributed by atoms with E-state index < -0.39 is 0 Å². The summed E-state index contributed by atoms with van der Waals surface area (Å²) in [6, 6.07) is 9.84. The van der Waals surface area contributed by atoms with Gasteiger partial charge in [-0.3, -0.25) is 0 Å². The lowest BCUT2D eigenvalue weighted by molar-refractivity contribution is 0.199. The summed E-state index contributed by atoms with van der Waals surface area (Å²) in [6.07, 6.45) is 2.08. The number of rotatable bonds is 7. The predicted octanol–water partition coefficient (Wildman–Crippen LogP) is 2.34. The molecule has 0 aromatic heterocycles. The molecule has 2 heterocycles. The molecule has 3 rings (SSSR count). The summed E-state index contributed by atoms with van der Waals surface area (Å²) in [7, 11) is 0.